The monoisotopic (exact) mass is 262 g/mol. The van der Waals surface area contributed by atoms with Crippen molar-refractivity contribution in [3.8, 4) is 0 Å². The molecule has 0 aliphatic rings. The first kappa shape index (κ1) is 15.4. The average Bonchev–Trinajstić information content (AvgIpc) is 2.37. The highest BCUT2D eigenvalue weighted by Crippen LogP contribution is 2.14. The fourth-order valence-corrected chi connectivity index (χ4v) is 1.42. The maximum Gasteiger partial charge on any atom is 0.338 e. The van der Waals surface area contributed by atoms with Crippen LogP contribution in [0.15, 0.2) is 36.9 Å². The van der Waals surface area contributed by atoms with Gasteiger partial charge in [0, 0.05) is 0 Å². The molecule has 0 saturated carbocycles. The molecular formula is C16H22O3. The van der Waals surface area contributed by atoms with E-state index in [-0.39, 0.29) is 12.0 Å². The van der Waals surface area contributed by atoms with Gasteiger partial charge < -0.3 is 9.47 Å². The first-order chi connectivity index (χ1) is 8.90. The minimum Gasteiger partial charge on any atom is -0.460 e. The normalized spacial score (nSPS) is 11.1. The lowest BCUT2D eigenvalue weighted by atomic mass is 9.99. The van der Waals surface area contributed by atoms with E-state index in [1.165, 1.54) is 0 Å². The topological polar surface area (TPSA) is 35.5 Å². The molecule has 1 rings (SSSR count). The largest absolute Gasteiger partial charge is 0.460 e. The van der Waals surface area contributed by atoms with Gasteiger partial charge in [-0.3, -0.25) is 0 Å². The van der Waals surface area contributed by atoms with Gasteiger partial charge in [0.05, 0.1) is 18.8 Å². The predicted molar refractivity (Wildman–Crippen MR) is 76.7 cm³/mol. The number of esters is 1. The average molecular weight is 262 g/mol. The fourth-order valence-electron chi connectivity index (χ4n) is 1.42. The number of rotatable bonds is 6. The maximum atomic E-state index is 11.7. The number of ether oxygens (including phenoxy) is 2. The third-order valence-electron chi connectivity index (χ3n) is 2.36. The Labute approximate surface area is 115 Å². The van der Waals surface area contributed by atoms with Gasteiger partial charge in [0.1, 0.15) is 6.61 Å². The SMILES string of the molecule is C=C(C(=O)OCCOCC(C)(C)C)c1ccccc1. The molecule has 0 amide bonds. The highest BCUT2D eigenvalue weighted by atomic mass is 16.6. The molecular weight excluding hydrogens is 240 g/mol. The number of carbonyl (C=O) groups excluding carboxylic acids is 1. The lowest BCUT2D eigenvalue weighted by molar-refractivity contribution is -0.138. The third-order valence-corrected chi connectivity index (χ3v) is 2.36. The van der Waals surface area contributed by atoms with Crippen LogP contribution in [0.1, 0.15) is 26.3 Å². The number of benzene rings is 1. The first-order valence-corrected chi connectivity index (χ1v) is 6.39. The summed E-state index contributed by atoms with van der Waals surface area (Å²) in [5, 5.41) is 0. The Morgan fingerprint density at radius 2 is 1.79 bits per heavy atom. The molecule has 0 unspecified atom stereocenters. The van der Waals surface area contributed by atoms with Crippen molar-refractivity contribution in [3.63, 3.8) is 0 Å². The van der Waals surface area contributed by atoms with Gasteiger partial charge in [-0.15, -0.1) is 0 Å². The summed E-state index contributed by atoms with van der Waals surface area (Å²) in [5.41, 5.74) is 1.28. The van der Waals surface area contributed by atoms with Crippen molar-refractivity contribution in [1.29, 1.82) is 0 Å². The molecule has 1 aromatic rings. The van der Waals surface area contributed by atoms with Crippen molar-refractivity contribution in [2.45, 2.75) is 20.8 Å². The molecule has 0 spiro atoms. The number of carbonyl (C=O) groups is 1. The van der Waals surface area contributed by atoms with Crippen molar-refractivity contribution in [3.05, 3.63) is 42.5 Å². The molecule has 1 aromatic carbocycles. The van der Waals surface area contributed by atoms with E-state index in [0.29, 0.717) is 18.8 Å². The molecule has 104 valence electrons. The third kappa shape index (κ3) is 6.20. The van der Waals surface area contributed by atoms with Crippen LogP contribution < -0.4 is 0 Å². The number of hydrogen-bond donors (Lipinski definition) is 0. The van der Waals surface area contributed by atoms with Crippen LogP contribution in [-0.4, -0.2) is 25.8 Å². The van der Waals surface area contributed by atoms with Crippen LogP contribution >= 0.6 is 0 Å². The molecule has 0 saturated heterocycles. The Balaban J connectivity index is 2.27. The lowest BCUT2D eigenvalue weighted by Gasteiger charge is -2.17. The molecule has 3 heteroatoms. The zero-order chi connectivity index (χ0) is 14.3. The molecule has 0 fully saturated rings. The summed E-state index contributed by atoms with van der Waals surface area (Å²) in [7, 11) is 0. The van der Waals surface area contributed by atoms with Crippen LogP contribution in [0.3, 0.4) is 0 Å². The molecule has 19 heavy (non-hydrogen) atoms. The fraction of sp³-hybridized carbons (Fsp3) is 0.438. The second-order valence-electron chi connectivity index (χ2n) is 5.59. The van der Waals surface area contributed by atoms with Gasteiger partial charge in [-0.2, -0.15) is 0 Å². The second kappa shape index (κ2) is 7.10. The van der Waals surface area contributed by atoms with Crippen molar-refractivity contribution in [2.75, 3.05) is 19.8 Å². The van der Waals surface area contributed by atoms with E-state index in [1.54, 1.807) is 0 Å². The first-order valence-electron chi connectivity index (χ1n) is 6.39. The lowest BCUT2D eigenvalue weighted by Crippen LogP contribution is -2.18. The van der Waals surface area contributed by atoms with E-state index in [2.05, 4.69) is 27.4 Å². The summed E-state index contributed by atoms with van der Waals surface area (Å²) < 4.78 is 10.5. The van der Waals surface area contributed by atoms with Crippen molar-refractivity contribution >= 4 is 11.5 Å². The highest BCUT2D eigenvalue weighted by molar-refractivity contribution is 6.15. The van der Waals surface area contributed by atoms with Crippen molar-refractivity contribution in [2.24, 2.45) is 5.41 Å². The molecule has 0 N–H and O–H groups in total. The van der Waals surface area contributed by atoms with Crippen LogP contribution in [0, 0.1) is 5.41 Å². The molecule has 0 bridgehead atoms. The van der Waals surface area contributed by atoms with E-state index in [1.807, 2.05) is 30.3 Å². The molecule has 0 aromatic heterocycles. The number of hydrogen-bond acceptors (Lipinski definition) is 3. The van der Waals surface area contributed by atoms with E-state index in [0.717, 1.165) is 5.56 Å². The molecule has 3 nitrogen and oxygen atoms in total. The quantitative estimate of drug-likeness (QED) is 0.448. The van der Waals surface area contributed by atoms with Gasteiger partial charge in [0.25, 0.3) is 0 Å². The summed E-state index contributed by atoms with van der Waals surface area (Å²) in [6.07, 6.45) is 0. The standard InChI is InChI=1S/C16H22O3/c1-13(14-8-6-5-7-9-14)15(17)19-11-10-18-12-16(2,3)4/h5-9H,1,10-12H2,2-4H3. The zero-order valence-corrected chi connectivity index (χ0v) is 11.9. The second-order valence-corrected chi connectivity index (χ2v) is 5.59. The Morgan fingerprint density at radius 1 is 1.16 bits per heavy atom. The Hall–Kier alpha value is -1.61. The van der Waals surface area contributed by atoms with Crippen LogP contribution in [-0.2, 0) is 14.3 Å². The smallest absolute Gasteiger partial charge is 0.338 e. The van der Waals surface area contributed by atoms with Gasteiger partial charge in [-0.05, 0) is 11.0 Å². The molecule has 0 heterocycles. The van der Waals surface area contributed by atoms with E-state index in [9.17, 15) is 4.79 Å². The van der Waals surface area contributed by atoms with Crippen molar-refractivity contribution in [1.82, 2.24) is 0 Å². The summed E-state index contributed by atoms with van der Waals surface area (Å²) in [5.74, 6) is -0.398. The Morgan fingerprint density at radius 3 is 2.37 bits per heavy atom. The van der Waals surface area contributed by atoms with Gasteiger partial charge in [-0.1, -0.05) is 57.7 Å². The van der Waals surface area contributed by atoms with Gasteiger partial charge in [0.2, 0.25) is 0 Å². The summed E-state index contributed by atoms with van der Waals surface area (Å²) in [4.78, 5) is 11.7. The maximum absolute atomic E-state index is 11.7. The minimum atomic E-state index is -0.398. The van der Waals surface area contributed by atoms with E-state index < -0.39 is 5.97 Å². The minimum absolute atomic E-state index is 0.123. The molecule has 0 aliphatic heterocycles. The van der Waals surface area contributed by atoms with Crippen LogP contribution in [0.2, 0.25) is 0 Å². The van der Waals surface area contributed by atoms with Gasteiger partial charge in [-0.25, -0.2) is 4.79 Å². The predicted octanol–water partition coefficient (Wildman–Crippen LogP) is 3.31. The summed E-state index contributed by atoms with van der Waals surface area (Å²) >= 11 is 0. The summed E-state index contributed by atoms with van der Waals surface area (Å²) in [6.45, 7) is 11.3. The Bertz CT molecular complexity index is 415. The van der Waals surface area contributed by atoms with Crippen molar-refractivity contribution < 1.29 is 14.3 Å². The zero-order valence-electron chi connectivity index (χ0n) is 11.9. The summed E-state index contributed by atoms with van der Waals surface area (Å²) in [6, 6.07) is 9.28. The van der Waals surface area contributed by atoms with Crippen LogP contribution in [0.5, 0.6) is 0 Å². The molecule has 0 aliphatic carbocycles. The molecule has 0 atom stereocenters. The van der Waals surface area contributed by atoms with Crippen LogP contribution in [0.4, 0.5) is 0 Å². The van der Waals surface area contributed by atoms with Crippen LogP contribution in [0.25, 0.3) is 5.57 Å². The Kier molecular flexibility index (Phi) is 5.77. The van der Waals surface area contributed by atoms with E-state index in [4.69, 9.17) is 9.47 Å². The highest BCUT2D eigenvalue weighted by Gasteiger charge is 2.12. The molecule has 0 radical (unpaired) electrons. The van der Waals surface area contributed by atoms with E-state index >= 15 is 0 Å². The van der Waals surface area contributed by atoms with Gasteiger partial charge in [0.15, 0.2) is 0 Å². The van der Waals surface area contributed by atoms with Gasteiger partial charge >= 0.3 is 5.97 Å².